The summed E-state index contributed by atoms with van der Waals surface area (Å²) in [6, 6.07) is 8.07. The van der Waals surface area contributed by atoms with Crippen LogP contribution in [-0.4, -0.2) is 30.8 Å². The molecule has 0 spiro atoms. The molecule has 0 bridgehead atoms. The lowest BCUT2D eigenvalue weighted by molar-refractivity contribution is -0.385. The van der Waals surface area contributed by atoms with Crippen LogP contribution in [0.5, 0.6) is 11.5 Å². The van der Waals surface area contributed by atoms with Crippen LogP contribution in [0.2, 0.25) is 0 Å². The molecule has 0 fully saturated rings. The van der Waals surface area contributed by atoms with E-state index in [-0.39, 0.29) is 18.0 Å². The van der Waals surface area contributed by atoms with Crippen molar-refractivity contribution in [2.75, 3.05) is 13.7 Å². The molecule has 0 aliphatic rings. The van der Waals surface area contributed by atoms with E-state index in [9.17, 15) is 14.9 Å². The Labute approximate surface area is 172 Å². The highest BCUT2D eigenvalue weighted by Crippen LogP contribution is 2.34. The predicted octanol–water partition coefficient (Wildman–Crippen LogP) is 3.97. The number of methoxy groups -OCH3 is 1. The van der Waals surface area contributed by atoms with E-state index < -0.39 is 10.8 Å². The number of ether oxygens (including phenoxy) is 2. The molecule has 0 saturated carbocycles. The second-order valence-electron chi connectivity index (χ2n) is 5.33. The van der Waals surface area contributed by atoms with Gasteiger partial charge in [0.1, 0.15) is 5.75 Å². The van der Waals surface area contributed by atoms with Crippen LogP contribution in [0.1, 0.15) is 11.1 Å². The zero-order chi connectivity index (χ0) is 20.0. The molecule has 0 atom stereocenters. The maximum Gasteiger partial charge on any atom is 0.311 e. The summed E-state index contributed by atoms with van der Waals surface area (Å²) in [6.45, 7) is 1.69. The molecule has 0 unspecified atom stereocenters. The van der Waals surface area contributed by atoms with Gasteiger partial charge in [0.15, 0.2) is 12.4 Å². The minimum absolute atomic E-state index is 0.142. The predicted molar refractivity (Wildman–Crippen MR) is 107 cm³/mol. The Balaban J connectivity index is 1.96. The van der Waals surface area contributed by atoms with Crippen molar-refractivity contribution in [3.05, 3.63) is 60.5 Å². The number of nitro groups is 1. The van der Waals surface area contributed by atoms with Gasteiger partial charge in [-0.15, -0.1) is 0 Å². The van der Waals surface area contributed by atoms with Crippen LogP contribution in [0, 0.1) is 17.0 Å². The first kappa shape index (κ1) is 20.8. The second kappa shape index (κ2) is 9.47. The fourth-order valence-electron chi connectivity index (χ4n) is 2.10. The molecule has 0 aliphatic heterocycles. The maximum atomic E-state index is 11.9. The van der Waals surface area contributed by atoms with Crippen LogP contribution in [0.25, 0.3) is 0 Å². The molecule has 1 N–H and O–H groups in total. The average Bonchev–Trinajstić information content (AvgIpc) is 2.60. The fourth-order valence-corrected chi connectivity index (χ4v) is 3.75. The third kappa shape index (κ3) is 5.76. The lowest BCUT2D eigenvalue weighted by Crippen LogP contribution is -2.24. The Kier molecular flexibility index (Phi) is 7.31. The molecule has 2 rings (SSSR count). The molecule has 0 radical (unpaired) electrons. The number of aryl methyl sites for hydroxylation is 1. The number of hydrogen-bond acceptors (Lipinski definition) is 6. The van der Waals surface area contributed by atoms with Crippen molar-refractivity contribution in [1.82, 2.24) is 5.43 Å². The Morgan fingerprint density at radius 3 is 2.56 bits per heavy atom. The topological polar surface area (TPSA) is 103 Å². The highest BCUT2D eigenvalue weighted by Gasteiger charge is 2.14. The van der Waals surface area contributed by atoms with E-state index in [1.165, 1.54) is 25.5 Å². The standard InChI is InChI=1S/C17H15Br2N3O5/c1-10-5-12(18)17(13(19)6-10)27-9-16(23)21-20-8-11-3-4-15(26-2)14(7-11)22(24)25/h3-8H,9H2,1-2H3,(H,21,23)/b20-8+. The van der Waals surface area contributed by atoms with Crippen molar-refractivity contribution in [3.63, 3.8) is 0 Å². The third-order valence-electron chi connectivity index (χ3n) is 3.29. The quantitative estimate of drug-likeness (QED) is 0.352. The minimum atomic E-state index is -0.556. The normalized spacial score (nSPS) is 10.7. The van der Waals surface area contributed by atoms with Crippen molar-refractivity contribution < 1.29 is 19.2 Å². The number of halogens is 2. The van der Waals surface area contributed by atoms with Crippen LogP contribution < -0.4 is 14.9 Å². The zero-order valence-corrected chi connectivity index (χ0v) is 17.5. The number of nitrogens with one attached hydrogen (secondary N) is 1. The molecule has 8 nitrogen and oxygen atoms in total. The van der Waals surface area contributed by atoms with E-state index in [4.69, 9.17) is 9.47 Å². The van der Waals surface area contributed by atoms with Crippen molar-refractivity contribution in [2.45, 2.75) is 6.92 Å². The number of hydrazone groups is 1. The van der Waals surface area contributed by atoms with Gasteiger partial charge in [-0.1, -0.05) is 0 Å². The van der Waals surface area contributed by atoms with Crippen molar-refractivity contribution in [3.8, 4) is 11.5 Å². The van der Waals surface area contributed by atoms with E-state index in [2.05, 4.69) is 42.4 Å². The number of nitro benzene ring substituents is 1. The Hall–Kier alpha value is -2.46. The van der Waals surface area contributed by atoms with Crippen LogP contribution in [0.3, 0.4) is 0 Å². The van der Waals surface area contributed by atoms with Gasteiger partial charge in [-0.3, -0.25) is 14.9 Å². The summed E-state index contributed by atoms with van der Waals surface area (Å²) in [5, 5.41) is 14.8. The Bertz CT molecular complexity index is 879. The van der Waals surface area contributed by atoms with Gasteiger partial charge in [0, 0.05) is 11.6 Å². The first-order valence-corrected chi connectivity index (χ1v) is 9.13. The smallest absolute Gasteiger partial charge is 0.311 e. The van der Waals surface area contributed by atoms with E-state index in [1.54, 1.807) is 6.07 Å². The first-order valence-electron chi connectivity index (χ1n) is 7.54. The van der Waals surface area contributed by atoms with Gasteiger partial charge >= 0.3 is 5.69 Å². The molecular formula is C17H15Br2N3O5. The zero-order valence-electron chi connectivity index (χ0n) is 14.4. The lowest BCUT2D eigenvalue weighted by Gasteiger charge is -2.10. The van der Waals surface area contributed by atoms with Gasteiger partial charge in [-0.25, -0.2) is 5.43 Å². The summed E-state index contributed by atoms with van der Waals surface area (Å²) >= 11 is 6.76. The molecule has 0 aliphatic carbocycles. The van der Waals surface area contributed by atoms with E-state index >= 15 is 0 Å². The molecule has 0 heterocycles. The molecule has 1 amide bonds. The molecule has 142 valence electrons. The number of benzene rings is 2. The molecule has 0 saturated heterocycles. The largest absolute Gasteiger partial charge is 0.490 e. The highest BCUT2D eigenvalue weighted by molar-refractivity contribution is 9.11. The van der Waals surface area contributed by atoms with Gasteiger partial charge in [-0.05, 0) is 68.6 Å². The lowest BCUT2D eigenvalue weighted by atomic mass is 10.2. The summed E-state index contributed by atoms with van der Waals surface area (Å²) in [5.41, 5.74) is 3.58. The summed E-state index contributed by atoms with van der Waals surface area (Å²) in [7, 11) is 1.35. The van der Waals surface area contributed by atoms with Gasteiger partial charge in [0.2, 0.25) is 0 Å². The highest BCUT2D eigenvalue weighted by atomic mass is 79.9. The van der Waals surface area contributed by atoms with Gasteiger partial charge in [-0.2, -0.15) is 5.10 Å². The van der Waals surface area contributed by atoms with Crippen LogP contribution in [0.4, 0.5) is 5.69 Å². The van der Waals surface area contributed by atoms with Gasteiger partial charge < -0.3 is 9.47 Å². The molecule has 2 aromatic carbocycles. The van der Waals surface area contributed by atoms with E-state index in [0.29, 0.717) is 11.3 Å². The third-order valence-corrected chi connectivity index (χ3v) is 4.47. The number of rotatable bonds is 7. The summed E-state index contributed by atoms with van der Waals surface area (Å²) < 4.78 is 11.8. The number of amides is 1. The average molecular weight is 501 g/mol. The van der Waals surface area contributed by atoms with Gasteiger partial charge in [0.25, 0.3) is 5.91 Å². The Morgan fingerprint density at radius 2 is 1.96 bits per heavy atom. The molecule has 10 heteroatoms. The van der Waals surface area contributed by atoms with E-state index in [1.807, 2.05) is 19.1 Å². The van der Waals surface area contributed by atoms with Crippen molar-refractivity contribution >= 4 is 49.7 Å². The Morgan fingerprint density at radius 1 is 1.30 bits per heavy atom. The fraction of sp³-hybridized carbons (Fsp3) is 0.176. The summed E-state index contributed by atoms with van der Waals surface area (Å²) in [5.74, 6) is 0.169. The summed E-state index contributed by atoms with van der Waals surface area (Å²) in [4.78, 5) is 22.3. The van der Waals surface area contributed by atoms with E-state index in [0.717, 1.165) is 14.5 Å². The molecule has 27 heavy (non-hydrogen) atoms. The van der Waals surface area contributed by atoms with Gasteiger partial charge in [0.05, 0.1) is 27.2 Å². The monoisotopic (exact) mass is 499 g/mol. The van der Waals surface area contributed by atoms with Crippen LogP contribution in [0.15, 0.2) is 44.4 Å². The molecular weight excluding hydrogens is 486 g/mol. The molecule has 0 aromatic heterocycles. The van der Waals surface area contributed by atoms with Crippen LogP contribution >= 0.6 is 31.9 Å². The summed E-state index contributed by atoms with van der Waals surface area (Å²) in [6.07, 6.45) is 1.29. The molecule has 2 aromatic rings. The SMILES string of the molecule is COc1ccc(/C=N/NC(=O)COc2c(Br)cc(C)cc2Br)cc1[N+](=O)[O-]. The number of carbonyl (C=O) groups excluding carboxylic acids is 1. The number of carbonyl (C=O) groups is 1. The maximum absolute atomic E-state index is 11.9. The van der Waals surface area contributed by atoms with Crippen molar-refractivity contribution in [1.29, 1.82) is 0 Å². The first-order chi connectivity index (χ1) is 12.8. The second-order valence-corrected chi connectivity index (χ2v) is 7.04. The number of hydrogen-bond donors (Lipinski definition) is 1. The van der Waals surface area contributed by atoms with Crippen molar-refractivity contribution in [2.24, 2.45) is 5.10 Å². The minimum Gasteiger partial charge on any atom is -0.490 e. The number of nitrogens with zero attached hydrogens (tertiary/aromatic N) is 2. The van der Waals surface area contributed by atoms with Crippen LogP contribution in [-0.2, 0) is 4.79 Å².